The summed E-state index contributed by atoms with van der Waals surface area (Å²) in [6, 6.07) is 6.16. The van der Waals surface area contributed by atoms with E-state index in [4.69, 9.17) is 4.74 Å². The number of carbonyl (C=O) groups excluding carboxylic acids is 3. The van der Waals surface area contributed by atoms with Gasteiger partial charge in [0.25, 0.3) is 0 Å². The number of hydrogen-bond donors (Lipinski definition) is 2. The lowest BCUT2D eigenvalue weighted by molar-refractivity contribution is -0.135. The normalized spacial score (nSPS) is 24.4. The molecule has 2 saturated heterocycles. The molecule has 3 amide bonds. The molecule has 2 aliphatic heterocycles. The number of nitrogens with zero attached hydrogens (tertiary/aromatic N) is 4. The molecule has 0 bridgehead atoms. The zero-order valence-electron chi connectivity index (χ0n) is 26.4. The molecule has 11 heteroatoms. The van der Waals surface area contributed by atoms with Crippen LogP contribution in [-0.4, -0.2) is 81.2 Å². The molecule has 5 rings (SSSR count). The van der Waals surface area contributed by atoms with E-state index >= 15 is 0 Å². The van der Waals surface area contributed by atoms with Gasteiger partial charge in [0.1, 0.15) is 11.6 Å². The minimum Gasteiger partial charge on any atom is -0.444 e. The summed E-state index contributed by atoms with van der Waals surface area (Å²) in [7, 11) is 4.00. The summed E-state index contributed by atoms with van der Waals surface area (Å²) in [5.41, 5.74) is 1.96. The highest BCUT2D eigenvalue weighted by Gasteiger charge is 2.32. The topological polar surface area (TPSA) is 118 Å². The molecule has 3 aliphatic rings. The Hall–Kier alpha value is -3.18. The highest BCUT2D eigenvalue weighted by Crippen LogP contribution is 2.28. The first-order valence-corrected chi connectivity index (χ1v) is 15.8. The second kappa shape index (κ2) is 12.8. The lowest BCUT2D eigenvalue weighted by atomic mass is 9.85. The second-order valence-corrected chi connectivity index (χ2v) is 13.8. The number of rotatable bonds is 7. The molecule has 3 fully saturated rings. The Morgan fingerprint density at radius 2 is 1.72 bits per heavy atom. The fourth-order valence-corrected chi connectivity index (χ4v) is 7.03. The van der Waals surface area contributed by atoms with Crippen molar-refractivity contribution in [3.05, 3.63) is 34.2 Å². The Balaban J connectivity index is 1.10. The minimum atomic E-state index is -0.667. The van der Waals surface area contributed by atoms with Crippen LogP contribution < -0.4 is 16.3 Å². The molecule has 1 atom stereocenters. The average Bonchev–Trinajstić information content (AvgIpc) is 3.18. The van der Waals surface area contributed by atoms with E-state index in [2.05, 4.69) is 39.6 Å². The number of fused-ring (bicyclic) bond motifs is 1. The number of carbonyl (C=O) groups is 3. The Kier molecular flexibility index (Phi) is 9.31. The van der Waals surface area contributed by atoms with E-state index in [1.807, 2.05) is 26.8 Å². The quantitative estimate of drug-likeness (QED) is 0.471. The third kappa shape index (κ3) is 7.49. The molecule has 1 aromatic heterocycles. The first-order valence-electron chi connectivity index (χ1n) is 15.8. The van der Waals surface area contributed by atoms with E-state index in [0.29, 0.717) is 18.4 Å². The monoisotopic (exact) mass is 596 g/mol. The van der Waals surface area contributed by atoms with Gasteiger partial charge in [-0.3, -0.25) is 28.9 Å². The lowest BCUT2D eigenvalue weighted by Gasteiger charge is -2.39. The van der Waals surface area contributed by atoms with Gasteiger partial charge in [0.2, 0.25) is 11.8 Å². The van der Waals surface area contributed by atoms with Crippen LogP contribution in [0.2, 0.25) is 0 Å². The molecule has 3 heterocycles. The van der Waals surface area contributed by atoms with Crippen LogP contribution in [0.15, 0.2) is 23.0 Å². The number of hydrogen-bond acceptors (Lipinski definition) is 7. The van der Waals surface area contributed by atoms with Crippen molar-refractivity contribution in [2.24, 2.45) is 13.0 Å². The number of ether oxygens (including phenoxy) is 1. The summed E-state index contributed by atoms with van der Waals surface area (Å²) >= 11 is 0. The number of aromatic nitrogens is 2. The summed E-state index contributed by atoms with van der Waals surface area (Å²) < 4.78 is 8.55. The van der Waals surface area contributed by atoms with Crippen LogP contribution in [-0.2, 0) is 27.9 Å². The fraction of sp³-hybridized carbons (Fsp3) is 0.688. The van der Waals surface area contributed by atoms with Gasteiger partial charge in [-0.25, -0.2) is 9.59 Å². The summed E-state index contributed by atoms with van der Waals surface area (Å²) in [4.78, 5) is 54.3. The van der Waals surface area contributed by atoms with Gasteiger partial charge in [-0.05, 0) is 109 Å². The van der Waals surface area contributed by atoms with E-state index < -0.39 is 17.6 Å². The third-order valence-electron chi connectivity index (χ3n) is 9.38. The number of imidazole rings is 1. The molecule has 1 unspecified atom stereocenters. The van der Waals surface area contributed by atoms with Crippen molar-refractivity contribution < 1.29 is 19.1 Å². The van der Waals surface area contributed by atoms with E-state index in [0.717, 1.165) is 81.3 Å². The molecule has 2 N–H and O–H groups in total. The maximum Gasteiger partial charge on any atom is 0.407 e. The van der Waals surface area contributed by atoms with Crippen molar-refractivity contribution in [1.82, 2.24) is 29.6 Å². The summed E-state index contributed by atoms with van der Waals surface area (Å²) in [5, 5.41) is 5.41. The van der Waals surface area contributed by atoms with Crippen molar-refractivity contribution in [3.8, 4) is 0 Å². The lowest BCUT2D eigenvalue weighted by Crippen LogP contribution is -2.45. The van der Waals surface area contributed by atoms with Crippen LogP contribution in [0, 0.1) is 5.92 Å². The van der Waals surface area contributed by atoms with Crippen molar-refractivity contribution in [1.29, 1.82) is 0 Å². The molecule has 43 heavy (non-hydrogen) atoms. The summed E-state index contributed by atoms with van der Waals surface area (Å²) in [6.07, 6.45) is 6.76. The standard InChI is InChI=1S/C32H48N6O5/c1-32(2,3)43-30(41)33-23-9-6-21(7-10-23)19-35(4)24-14-16-37(17-15-24)20-22-8-11-25-27(18-22)36(5)31(42)38(25)26-12-13-28(39)34-29(26)40/h8,11,18,21,23-24,26H,6-7,9-10,12-17,19-20H2,1-5H3,(H,33,41)(H,34,39,40)/t21-,23-,26?. The molecule has 236 valence electrons. The smallest absolute Gasteiger partial charge is 0.407 e. The van der Waals surface area contributed by atoms with Gasteiger partial charge in [0.15, 0.2) is 0 Å². The molecule has 0 radical (unpaired) electrons. The van der Waals surface area contributed by atoms with E-state index in [1.54, 1.807) is 11.6 Å². The van der Waals surface area contributed by atoms with Gasteiger partial charge in [0.05, 0.1) is 11.0 Å². The zero-order chi connectivity index (χ0) is 30.9. The first-order chi connectivity index (χ1) is 20.4. The Labute approximate surface area is 253 Å². The number of benzene rings is 1. The number of piperidine rings is 2. The van der Waals surface area contributed by atoms with E-state index in [-0.39, 0.29) is 30.2 Å². The Bertz CT molecular complexity index is 1390. The predicted octanol–water partition coefficient (Wildman–Crippen LogP) is 3.30. The molecular formula is C32H48N6O5. The second-order valence-electron chi connectivity index (χ2n) is 13.8. The highest BCUT2D eigenvalue weighted by atomic mass is 16.6. The maximum absolute atomic E-state index is 13.1. The van der Waals surface area contributed by atoms with Gasteiger partial charge >= 0.3 is 11.8 Å². The third-order valence-corrected chi connectivity index (χ3v) is 9.38. The van der Waals surface area contributed by atoms with Gasteiger partial charge < -0.3 is 15.0 Å². The highest BCUT2D eigenvalue weighted by molar-refractivity contribution is 6.00. The molecule has 1 aliphatic carbocycles. The van der Waals surface area contributed by atoms with E-state index in [9.17, 15) is 19.2 Å². The first kappa shape index (κ1) is 31.3. The number of alkyl carbamates (subject to hydrolysis) is 1. The Morgan fingerprint density at radius 3 is 2.37 bits per heavy atom. The van der Waals surface area contributed by atoms with Crippen molar-refractivity contribution in [2.75, 3.05) is 26.7 Å². The SMILES string of the molecule is CN(C[C@H]1CC[C@H](NC(=O)OC(C)(C)C)CC1)C1CCN(Cc2ccc3c(c2)n(C)c(=O)n3C2CCC(=O)NC2=O)CC1. The minimum absolute atomic E-state index is 0.206. The molecule has 0 spiro atoms. The maximum atomic E-state index is 13.1. The largest absolute Gasteiger partial charge is 0.444 e. The number of aryl methyl sites for hydroxylation is 1. The number of nitrogens with one attached hydrogen (secondary N) is 2. The van der Waals surface area contributed by atoms with Crippen LogP contribution in [0.5, 0.6) is 0 Å². The average molecular weight is 597 g/mol. The van der Waals surface area contributed by atoms with E-state index in [1.165, 1.54) is 4.57 Å². The van der Waals surface area contributed by atoms with Crippen molar-refractivity contribution in [3.63, 3.8) is 0 Å². The zero-order valence-corrected chi connectivity index (χ0v) is 26.4. The van der Waals surface area contributed by atoms with Gasteiger partial charge in [-0.15, -0.1) is 0 Å². The number of amides is 3. The van der Waals surface area contributed by atoms with Gasteiger partial charge in [-0.1, -0.05) is 6.07 Å². The Morgan fingerprint density at radius 1 is 1.02 bits per heavy atom. The predicted molar refractivity (Wildman–Crippen MR) is 165 cm³/mol. The van der Waals surface area contributed by atoms with Crippen LogP contribution in [0.1, 0.15) is 83.7 Å². The van der Waals surface area contributed by atoms with Crippen LogP contribution in [0.4, 0.5) is 4.79 Å². The molecule has 1 aromatic carbocycles. The number of imide groups is 1. The van der Waals surface area contributed by atoms with Crippen molar-refractivity contribution in [2.45, 2.75) is 102 Å². The molecular weight excluding hydrogens is 548 g/mol. The summed E-state index contributed by atoms with van der Waals surface area (Å²) in [6.45, 7) is 9.62. The molecule has 1 saturated carbocycles. The van der Waals surface area contributed by atoms with Gasteiger partial charge in [0, 0.05) is 38.6 Å². The van der Waals surface area contributed by atoms with Gasteiger partial charge in [-0.2, -0.15) is 0 Å². The molecule has 11 nitrogen and oxygen atoms in total. The van der Waals surface area contributed by atoms with Crippen LogP contribution in [0.25, 0.3) is 11.0 Å². The molecule has 2 aromatic rings. The fourth-order valence-electron chi connectivity index (χ4n) is 7.03. The van der Waals surface area contributed by atoms with Crippen LogP contribution >= 0.6 is 0 Å². The van der Waals surface area contributed by atoms with Crippen LogP contribution in [0.3, 0.4) is 0 Å². The summed E-state index contributed by atoms with van der Waals surface area (Å²) in [5.74, 6) is -0.0418. The van der Waals surface area contributed by atoms with Crippen molar-refractivity contribution >= 4 is 28.9 Å². The number of likely N-dealkylation sites (tertiary alicyclic amines) is 1.